The molecule has 3 rings (SSSR count). The van der Waals surface area contributed by atoms with Crippen LogP contribution in [0.1, 0.15) is 35.0 Å². The van der Waals surface area contributed by atoms with E-state index in [1.54, 1.807) is 31.2 Å². The highest BCUT2D eigenvalue weighted by molar-refractivity contribution is 6.30. The van der Waals surface area contributed by atoms with Crippen LogP contribution in [0.2, 0.25) is 5.02 Å². The van der Waals surface area contributed by atoms with Crippen LogP contribution in [0.5, 0.6) is 5.75 Å². The molecule has 2 aromatic carbocycles. The van der Waals surface area contributed by atoms with Crippen LogP contribution in [0, 0.1) is 12.7 Å². The van der Waals surface area contributed by atoms with Crippen LogP contribution in [-0.4, -0.2) is 28.2 Å². The van der Waals surface area contributed by atoms with Gasteiger partial charge in [-0.3, -0.25) is 14.2 Å². The molecule has 0 aliphatic rings. The topological polar surface area (TPSA) is 68.5 Å². The van der Waals surface area contributed by atoms with E-state index in [-0.39, 0.29) is 23.9 Å². The maximum Gasteiger partial charge on any atom is 0.310 e. The summed E-state index contributed by atoms with van der Waals surface area (Å²) >= 11 is 5.88. The standard InChI is InChI=1S/C21H19ClFNO4/c1-3-10-28-18(26)11-15-12(2)24(16-8-9-17(25)20(23)19(15)16)21(27)13-4-6-14(22)7-5-13/h4-9,25H,3,10-11H2,1-2H3. The summed E-state index contributed by atoms with van der Waals surface area (Å²) in [6, 6.07) is 8.96. The molecule has 7 heteroatoms. The van der Waals surface area contributed by atoms with Crippen molar-refractivity contribution >= 4 is 34.4 Å². The molecular weight excluding hydrogens is 385 g/mol. The molecule has 1 aromatic heterocycles. The first kappa shape index (κ1) is 19.9. The van der Waals surface area contributed by atoms with Gasteiger partial charge in [-0.05, 0) is 55.3 Å². The van der Waals surface area contributed by atoms with Crippen LogP contribution in [-0.2, 0) is 16.0 Å². The number of carbonyl (C=O) groups is 2. The summed E-state index contributed by atoms with van der Waals surface area (Å²) in [5, 5.41) is 10.3. The lowest BCUT2D eigenvalue weighted by molar-refractivity contribution is -0.142. The minimum atomic E-state index is -0.874. The van der Waals surface area contributed by atoms with Crippen molar-refractivity contribution in [1.29, 1.82) is 0 Å². The predicted octanol–water partition coefficient (Wildman–Crippen LogP) is 4.63. The van der Waals surface area contributed by atoms with Crippen molar-refractivity contribution in [3.05, 3.63) is 64.1 Å². The van der Waals surface area contributed by atoms with E-state index in [1.807, 2.05) is 6.92 Å². The van der Waals surface area contributed by atoms with E-state index in [1.165, 1.54) is 16.7 Å². The van der Waals surface area contributed by atoms with Crippen molar-refractivity contribution in [1.82, 2.24) is 4.57 Å². The smallest absolute Gasteiger partial charge is 0.310 e. The summed E-state index contributed by atoms with van der Waals surface area (Å²) in [6.45, 7) is 3.76. The van der Waals surface area contributed by atoms with Crippen molar-refractivity contribution in [3.8, 4) is 5.75 Å². The molecule has 1 N–H and O–H groups in total. The molecule has 146 valence electrons. The highest BCUT2D eigenvalue weighted by Gasteiger charge is 2.25. The van der Waals surface area contributed by atoms with Gasteiger partial charge in [-0.1, -0.05) is 18.5 Å². The zero-order chi connectivity index (χ0) is 20.4. The molecule has 0 radical (unpaired) electrons. The Morgan fingerprint density at radius 3 is 2.50 bits per heavy atom. The van der Waals surface area contributed by atoms with Gasteiger partial charge in [0, 0.05) is 21.7 Å². The second-order valence-electron chi connectivity index (χ2n) is 6.40. The number of rotatable bonds is 5. The Hall–Kier alpha value is -2.86. The third kappa shape index (κ3) is 3.60. The van der Waals surface area contributed by atoms with Gasteiger partial charge in [-0.15, -0.1) is 0 Å². The van der Waals surface area contributed by atoms with Gasteiger partial charge in [0.2, 0.25) is 0 Å². The van der Waals surface area contributed by atoms with Gasteiger partial charge < -0.3 is 9.84 Å². The molecule has 1 heterocycles. The van der Waals surface area contributed by atoms with E-state index in [2.05, 4.69) is 0 Å². The summed E-state index contributed by atoms with van der Waals surface area (Å²) in [4.78, 5) is 25.2. The second kappa shape index (κ2) is 8.02. The number of halogens is 2. The zero-order valence-corrected chi connectivity index (χ0v) is 16.2. The van der Waals surface area contributed by atoms with Crippen molar-refractivity contribution in [3.63, 3.8) is 0 Å². The number of esters is 1. The molecule has 5 nitrogen and oxygen atoms in total. The molecule has 28 heavy (non-hydrogen) atoms. The fourth-order valence-corrected chi connectivity index (χ4v) is 3.26. The molecule has 0 aliphatic carbocycles. The highest BCUT2D eigenvalue weighted by atomic mass is 35.5. The van der Waals surface area contributed by atoms with Crippen LogP contribution in [0.15, 0.2) is 36.4 Å². The quantitative estimate of drug-likeness (QED) is 0.630. The molecule has 0 aliphatic heterocycles. The van der Waals surface area contributed by atoms with E-state index in [0.717, 1.165) is 0 Å². The van der Waals surface area contributed by atoms with E-state index in [4.69, 9.17) is 16.3 Å². The minimum absolute atomic E-state index is 0.0354. The lowest BCUT2D eigenvalue weighted by Gasteiger charge is -2.08. The highest BCUT2D eigenvalue weighted by Crippen LogP contribution is 2.33. The van der Waals surface area contributed by atoms with E-state index in [9.17, 15) is 19.1 Å². The number of phenols is 1. The van der Waals surface area contributed by atoms with Gasteiger partial charge in [-0.25, -0.2) is 4.39 Å². The lowest BCUT2D eigenvalue weighted by Crippen LogP contribution is -2.14. The number of carbonyl (C=O) groups excluding carboxylic acids is 2. The first-order valence-corrected chi connectivity index (χ1v) is 9.20. The third-order valence-corrected chi connectivity index (χ3v) is 4.75. The van der Waals surface area contributed by atoms with Gasteiger partial charge in [0.25, 0.3) is 5.91 Å². The summed E-state index contributed by atoms with van der Waals surface area (Å²) in [5.74, 6) is -2.34. The Kier molecular flexibility index (Phi) is 5.70. The number of fused-ring (bicyclic) bond motifs is 1. The van der Waals surface area contributed by atoms with E-state index in [0.29, 0.717) is 28.3 Å². The molecule has 0 saturated carbocycles. The van der Waals surface area contributed by atoms with Crippen LogP contribution in [0.3, 0.4) is 0 Å². The van der Waals surface area contributed by atoms with E-state index < -0.39 is 23.4 Å². The maximum atomic E-state index is 14.7. The number of aromatic hydroxyl groups is 1. The molecule has 3 aromatic rings. The number of nitrogens with zero attached hydrogens (tertiary/aromatic N) is 1. The molecule has 0 unspecified atom stereocenters. The molecule has 0 amide bonds. The molecule has 0 atom stereocenters. The Morgan fingerprint density at radius 1 is 1.18 bits per heavy atom. The molecule has 0 spiro atoms. The summed E-state index contributed by atoms with van der Waals surface area (Å²) in [6.07, 6.45) is 0.459. The first-order chi connectivity index (χ1) is 13.3. The summed E-state index contributed by atoms with van der Waals surface area (Å²) < 4.78 is 21.2. The molecule has 0 saturated heterocycles. The monoisotopic (exact) mass is 403 g/mol. The maximum absolute atomic E-state index is 14.7. The van der Waals surface area contributed by atoms with Crippen molar-refractivity contribution in [2.24, 2.45) is 0 Å². The van der Waals surface area contributed by atoms with Crippen LogP contribution < -0.4 is 0 Å². The molecule has 0 bridgehead atoms. The Bertz CT molecular complexity index is 1060. The Balaban J connectivity index is 2.17. The van der Waals surface area contributed by atoms with E-state index >= 15 is 0 Å². The number of aromatic nitrogens is 1. The third-order valence-electron chi connectivity index (χ3n) is 4.50. The normalized spacial score (nSPS) is 11.0. The second-order valence-corrected chi connectivity index (χ2v) is 6.84. The van der Waals surface area contributed by atoms with Gasteiger partial charge in [-0.2, -0.15) is 0 Å². The molecular formula is C21H19ClFNO4. The SMILES string of the molecule is CCCOC(=O)Cc1c(C)n(C(=O)c2ccc(Cl)cc2)c2ccc(O)c(F)c12. The summed E-state index contributed by atoms with van der Waals surface area (Å²) in [5.41, 5.74) is 1.35. The van der Waals surface area contributed by atoms with Crippen molar-refractivity contribution < 1.29 is 23.8 Å². The van der Waals surface area contributed by atoms with Crippen molar-refractivity contribution in [2.45, 2.75) is 26.7 Å². The van der Waals surface area contributed by atoms with Gasteiger partial charge in [0.1, 0.15) is 0 Å². The minimum Gasteiger partial charge on any atom is -0.505 e. The summed E-state index contributed by atoms with van der Waals surface area (Å²) in [7, 11) is 0. The van der Waals surface area contributed by atoms with Crippen LogP contribution in [0.4, 0.5) is 4.39 Å². The van der Waals surface area contributed by atoms with Gasteiger partial charge in [0.15, 0.2) is 11.6 Å². The number of hydrogen-bond acceptors (Lipinski definition) is 4. The van der Waals surface area contributed by atoms with Gasteiger partial charge >= 0.3 is 5.97 Å². The average Bonchev–Trinajstić information content (AvgIpc) is 2.95. The largest absolute Gasteiger partial charge is 0.505 e. The van der Waals surface area contributed by atoms with Crippen LogP contribution >= 0.6 is 11.6 Å². The first-order valence-electron chi connectivity index (χ1n) is 8.82. The predicted molar refractivity (Wildman–Crippen MR) is 104 cm³/mol. The van der Waals surface area contributed by atoms with Crippen LogP contribution in [0.25, 0.3) is 10.9 Å². The lowest BCUT2D eigenvalue weighted by atomic mass is 10.1. The fourth-order valence-electron chi connectivity index (χ4n) is 3.14. The number of ether oxygens (including phenoxy) is 1. The zero-order valence-electron chi connectivity index (χ0n) is 15.5. The fraction of sp³-hybridized carbons (Fsp3) is 0.238. The Labute approximate surface area is 166 Å². The number of hydrogen-bond donors (Lipinski definition) is 1. The number of phenolic OH excluding ortho intramolecular Hbond substituents is 1. The number of benzene rings is 2. The van der Waals surface area contributed by atoms with Gasteiger partial charge in [0.05, 0.1) is 18.5 Å². The molecule has 0 fully saturated rings. The van der Waals surface area contributed by atoms with Crippen molar-refractivity contribution in [2.75, 3.05) is 6.61 Å². The average molecular weight is 404 g/mol. The Morgan fingerprint density at radius 2 is 1.86 bits per heavy atom.